The summed E-state index contributed by atoms with van der Waals surface area (Å²) in [6.45, 7) is 2.99. The van der Waals surface area contributed by atoms with E-state index in [2.05, 4.69) is 10.3 Å². The lowest BCUT2D eigenvalue weighted by molar-refractivity contribution is 0.141. The van der Waals surface area contributed by atoms with Crippen molar-refractivity contribution in [3.8, 4) is 0 Å². The van der Waals surface area contributed by atoms with Crippen molar-refractivity contribution in [2.75, 3.05) is 6.54 Å². The van der Waals surface area contributed by atoms with Crippen LogP contribution < -0.4 is 5.32 Å². The average Bonchev–Trinajstić information content (AvgIpc) is 2.72. The van der Waals surface area contributed by atoms with Crippen LogP contribution in [0.5, 0.6) is 0 Å². The Morgan fingerprint density at radius 2 is 2.62 bits per heavy atom. The van der Waals surface area contributed by atoms with E-state index in [4.69, 9.17) is 0 Å². The lowest BCUT2D eigenvalue weighted by Crippen LogP contribution is -2.28. The van der Waals surface area contributed by atoms with E-state index in [0.717, 1.165) is 22.9 Å². The van der Waals surface area contributed by atoms with Crippen molar-refractivity contribution in [1.82, 2.24) is 10.3 Å². The van der Waals surface area contributed by atoms with Gasteiger partial charge in [-0.25, -0.2) is 4.98 Å². The Hall–Kier alpha value is -0.450. The number of thiazole rings is 1. The number of hydrogen-bond acceptors (Lipinski definition) is 4. The molecule has 2 rings (SSSR count). The molecule has 2 atom stereocenters. The molecule has 2 N–H and O–H groups in total. The minimum Gasteiger partial charge on any atom is -0.386 e. The average molecular weight is 198 g/mol. The Morgan fingerprint density at radius 1 is 1.77 bits per heavy atom. The quantitative estimate of drug-likeness (QED) is 0.751. The van der Waals surface area contributed by atoms with Crippen LogP contribution in [0.2, 0.25) is 0 Å². The van der Waals surface area contributed by atoms with E-state index in [-0.39, 0.29) is 12.1 Å². The van der Waals surface area contributed by atoms with Crippen molar-refractivity contribution >= 4 is 11.3 Å². The molecule has 1 saturated heterocycles. The zero-order chi connectivity index (χ0) is 9.26. The third-order valence-corrected chi connectivity index (χ3v) is 3.39. The molecule has 1 aromatic rings. The van der Waals surface area contributed by atoms with Crippen LogP contribution in [-0.2, 0) is 0 Å². The van der Waals surface area contributed by atoms with Crippen molar-refractivity contribution in [2.45, 2.75) is 31.9 Å². The lowest BCUT2D eigenvalue weighted by atomic mass is 10.1. The van der Waals surface area contributed by atoms with E-state index in [1.54, 1.807) is 17.5 Å². The smallest absolute Gasteiger partial charge is 0.105 e. The van der Waals surface area contributed by atoms with Gasteiger partial charge < -0.3 is 10.4 Å². The summed E-state index contributed by atoms with van der Waals surface area (Å²) in [5.41, 5.74) is 0. The summed E-state index contributed by atoms with van der Waals surface area (Å²) in [6, 6.07) is 0.236. The highest BCUT2D eigenvalue weighted by Gasteiger charge is 2.25. The molecule has 13 heavy (non-hydrogen) atoms. The summed E-state index contributed by atoms with van der Waals surface area (Å²) in [6.07, 6.45) is 3.65. The Balaban J connectivity index is 2.07. The van der Waals surface area contributed by atoms with Crippen molar-refractivity contribution in [2.24, 2.45) is 0 Å². The van der Waals surface area contributed by atoms with Crippen LogP contribution in [0, 0.1) is 6.92 Å². The Bertz CT molecular complexity index is 281. The van der Waals surface area contributed by atoms with E-state index >= 15 is 0 Å². The molecule has 1 aromatic heterocycles. The van der Waals surface area contributed by atoms with Crippen LogP contribution in [0.4, 0.5) is 0 Å². The second-order valence-electron chi connectivity index (χ2n) is 3.43. The van der Waals surface area contributed by atoms with E-state index in [9.17, 15) is 5.11 Å². The van der Waals surface area contributed by atoms with Crippen LogP contribution in [-0.4, -0.2) is 22.7 Å². The first-order valence-electron chi connectivity index (χ1n) is 4.61. The van der Waals surface area contributed by atoms with Gasteiger partial charge in [-0.05, 0) is 26.3 Å². The number of hydrogen-bond donors (Lipinski definition) is 2. The second-order valence-corrected chi connectivity index (χ2v) is 4.70. The summed E-state index contributed by atoms with van der Waals surface area (Å²) in [5.74, 6) is 0. The molecule has 0 aliphatic carbocycles. The molecule has 0 saturated carbocycles. The molecule has 72 valence electrons. The van der Waals surface area contributed by atoms with Gasteiger partial charge in [0.15, 0.2) is 0 Å². The van der Waals surface area contributed by atoms with Crippen molar-refractivity contribution < 1.29 is 5.11 Å². The SMILES string of the molecule is Cc1ncc(C(O)C2CCCN2)s1. The largest absolute Gasteiger partial charge is 0.386 e. The Kier molecular flexibility index (Phi) is 2.62. The van der Waals surface area contributed by atoms with Crippen LogP contribution >= 0.6 is 11.3 Å². The number of nitrogens with one attached hydrogen (secondary N) is 1. The second kappa shape index (κ2) is 3.74. The molecule has 3 nitrogen and oxygen atoms in total. The van der Waals surface area contributed by atoms with E-state index in [1.165, 1.54) is 6.42 Å². The van der Waals surface area contributed by atoms with Crippen LogP contribution in [0.3, 0.4) is 0 Å². The van der Waals surface area contributed by atoms with Crippen LogP contribution in [0.15, 0.2) is 6.20 Å². The molecule has 0 aromatic carbocycles. The van der Waals surface area contributed by atoms with Gasteiger partial charge in [0.2, 0.25) is 0 Å². The van der Waals surface area contributed by atoms with Crippen molar-refractivity contribution in [3.05, 3.63) is 16.1 Å². The van der Waals surface area contributed by atoms with Gasteiger partial charge in [0.25, 0.3) is 0 Å². The summed E-state index contributed by atoms with van der Waals surface area (Å²) < 4.78 is 0. The molecule has 0 radical (unpaired) electrons. The fourth-order valence-electron chi connectivity index (χ4n) is 1.69. The van der Waals surface area contributed by atoms with Crippen molar-refractivity contribution in [1.29, 1.82) is 0 Å². The number of aliphatic hydroxyl groups excluding tert-OH is 1. The topological polar surface area (TPSA) is 45.2 Å². The highest BCUT2D eigenvalue weighted by molar-refractivity contribution is 7.11. The van der Waals surface area contributed by atoms with Gasteiger partial charge in [-0.15, -0.1) is 11.3 Å². The monoisotopic (exact) mass is 198 g/mol. The molecular formula is C9H14N2OS. The highest BCUT2D eigenvalue weighted by atomic mass is 32.1. The van der Waals surface area contributed by atoms with Crippen LogP contribution in [0.1, 0.15) is 28.8 Å². The molecule has 1 fully saturated rings. The van der Waals surface area contributed by atoms with Gasteiger partial charge in [-0.1, -0.05) is 0 Å². The molecule has 1 aliphatic heterocycles. The molecule has 4 heteroatoms. The zero-order valence-electron chi connectivity index (χ0n) is 7.66. The maximum Gasteiger partial charge on any atom is 0.105 e. The number of aromatic nitrogens is 1. The maximum atomic E-state index is 9.94. The summed E-state index contributed by atoms with van der Waals surface area (Å²) in [4.78, 5) is 5.12. The molecule has 0 bridgehead atoms. The first kappa shape index (κ1) is 9.12. The molecule has 0 amide bonds. The van der Waals surface area contributed by atoms with E-state index < -0.39 is 0 Å². The first-order chi connectivity index (χ1) is 6.27. The van der Waals surface area contributed by atoms with Crippen LogP contribution in [0.25, 0.3) is 0 Å². The van der Waals surface area contributed by atoms with Gasteiger partial charge >= 0.3 is 0 Å². The Labute approximate surface area is 81.8 Å². The molecular weight excluding hydrogens is 184 g/mol. The van der Waals surface area contributed by atoms with Crippen molar-refractivity contribution in [3.63, 3.8) is 0 Å². The third kappa shape index (κ3) is 1.90. The van der Waals surface area contributed by atoms with E-state index in [1.807, 2.05) is 6.92 Å². The van der Waals surface area contributed by atoms with Gasteiger partial charge in [-0.3, -0.25) is 0 Å². The fourth-order valence-corrected chi connectivity index (χ4v) is 2.53. The van der Waals surface area contributed by atoms with Gasteiger partial charge in [0.1, 0.15) is 6.10 Å². The van der Waals surface area contributed by atoms with E-state index in [0.29, 0.717) is 0 Å². The van der Waals surface area contributed by atoms with Gasteiger partial charge in [0.05, 0.1) is 9.88 Å². The molecule has 1 aliphatic rings. The Morgan fingerprint density at radius 3 is 3.15 bits per heavy atom. The number of aryl methyl sites for hydroxylation is 1. The number of nitrogens with zero attached hydrogens (tertiary/aromatic N) is 1. The number of rotatable bonds is 2. The summed E-state index contributed by atoms with van der Waals surface area (Å²) in [7, 11) is 0. The minimum atomic E-state index is -0.367. The lowest BCUT2D eigenvalue weighted by Gasteiger charge is -2.15. The summed E-state index contributed by atoms with van der Waals surface area (Å²) in [5, 5.41) is 14.3. The standard InChI is InChI=1S/C9H14N2OS/c1-6-11-5-8(13-6)9(12)7-3-2-4-10-7/h5,7,9-10,12H,2-4H2,1H3. The third-order valence-electron chi connectivity index (χ3n) is 2.41. The molecule has 0 spiro atoms. The fraction of sp³-hybridized carbons (Fsp3) is 0.667. The predicted octanol–water partition coefficient (Wildman–Crippen LogP) is 1.24. The van der Waals surface area contributed by atoms with Gasteiger partial charge in [0, 0.05) is 12.2 Å². The molecule has 2 heterocycles. The highest BCUT2D eigenvalue weighted by Crippen LogP contribution is 2.26. The number of aliphatic hydroxyl groups is 1. The zero-order valence-corrected chi connectivity index (χ0v) is 8.47. The predicted molar refractivity (Wildman–Crippen MR) is 52.8 cm³/mol. The first-order valence-corrected chi connectivity index (χ1v) is 5.43. The van der Waals surface area contributed by atoms with Gasteiger partial charge in [-0.2, -0.15) is 0 Å². The maximum absolute atomic E-state index is 9.94. The summed E-state index contributed by atoms with van der Waals surface area (Å²) >= 11 is 1.58. The minimum absolute atomic E-state index is 0.236. The normalized spacial score (nSPS) is 24.9. The molecule has 2 unspecified atom stereocenters.